The molecular formula is C8H8ClNO. The van der Waals surface area contributed by atoms with Gasteiger partial charge in [-0.05, 0) is 6.42 Å². The van der Waals surface area contributed by atoms with Crippen molar-refractivity contribution in [3.8, 4) is 0 Å². The van der Waals surface area contributed by atoms with Crippen molar-refractivity contribution >= 4 is 17.7 Å². The van der Waals surface area contributed by atoms with Crippen molar-refractivity contribution in [3.05, 3.63) is 24.3 Å². The van der Waals surface area contributed by atoms with Crippen molar-refractivity contribution in [2.24, 2.45) is 4.99 Å². The van der Waals surface area contributed by atoms with E-state index in [1.165, 1.54) is 6.08 Å². The van der Waals surface area contributed by atoms with Crippen LogP contribution in [0, 0.1) is 0 Å². The zero-order valence-corrected chi connectivity index (χ0v) is 6.71. The van der Waals surface area contributed by atoms with Crippen LogP contribution in [0.15, 0.2) is 29.3 Å². The Morgan fingerprint density at radius 3 is 3.00 bits per heavy atom. The number of aliphatic imine (C=N–C) groups is 1. The van der Waals surface area contributed by atoms with Crippen LogP contribution in [0.3, 0.4) is 0 Å². The molecule has 2 nitrogen and oxygen atoms in total. The van der Waals surface area contributed by atoms with Crippen molar-refractivity contribution in [1.82, 2.24) is 0 Å². The lowest BCUT2D eigenvalue weighted by molar-refractivity contribution is 0.560. The second kappa shape index (κ2) is 3.51. The molecule has 1 rings (SSSR count). The third-order valence-corrected chi connectivity index (χ3v) is 1.91. The fraction of sp³-hybridized carbons (Fsp3) is 0.375. The Morgan fingerprint density at radius 1 is 1.64 bits per heavy atom. The molecule has 0 saturated heterocycles. The Kier molecular flexibility index (Phi) is 2.64. The molecule has 0 aromatic carbocycles. The van der Waals surface area contributed by atoms with Gasteiger partial charge in [-0.2, -0.15) is 0 Å². The molecule has 0 saturated carbocycles. The highest BCUT2D eigenvalue weighted by Gasteiger charge is 2.22. The molecule has 0 N–H and O–H groups in total. The molecule has 0 aromatic rings. The largest absolute Gasteiger partial charge is 0.235 e. The van der Waals surface area contributed by atoms with Crippen LogP contribution in [0.2, 0.25) is 0 Å². The van der Waals surface area contributed by atoms with E-state index in [1.54, 1.807) is 0 Å². The molecular weight excluding hydrogens is 162 g/mol. The van der Waals surface area contributed by atoms with Crippen LogP contribution in [-0.2, 0) is 4.79 Å². The number of halogens is 1. The first-order valence-corrected chi connectivity index (χ1v) is 3.71. The van der Waals surface area contributed by atoms with Crippen molar-refractivity contribution in [1.29, 1.82) is 0 Å². The second-order valence-corrected chi connectivity index (χ2v) is 3.19. The van der Waals surface area contributed by atoms with Gasteiger partial charge in [0.25, 0.3) is 0 Å². The maximum atomic E-state index is 9.80. The van der Waals surface area contributed by atoms with E-state index < -0.39 is 4.87 Å². The quantitative estimate of drug-likeness (QED) is 0.352. The van der Waals surface area contributed by atoms with Crippen LogP contribution >= 0.6 is 11.6 Å². The van der Waals surface area contributed by atoms with Crippen LogP contribution in [0.4, 0.5) is 0 Å². The summed E-state index contributed by atoms with van der Waals surface area (Å²) in [6.07, 6.45) is 9.77. The standard InChI is InChI=1S/C8H8ClNO/c9-8(6-10-7-11)4-2-1-3-5-8/h1-4H,5-6H2. The predicted molar refractivity (Wildman–Crippen MR) is 44.5 cm³/mol. The molecule has 58 valence electrons. The lowest BCUT2D eigenvalue weighted by atomic mass is 10.0. The fourth-order valence-electron chi connectivity index (χ4n) is 0.920. The summed E-state index contributed by atoms with van der Waals surface area (Å²) in [5.74, 6) is 0. The molecule has 1 aliphatic carbocycles. The van der Waals surface area contributed by atoms with Crippen LogP contribution < -0.4 is 0 Å². The summed E-state index contributed by atoms with van der Waals surface area (Å²) >= 11 is 6.04. The van der Waals surface area contributed by atoms with E-state index in [2.05, 4.69) is 4.99 Å². The topological polar surface area (TPSA) is 29.4 Å². The van der Waals surface area contributed by atoms with Crippen molar-refractivity contribution < 1.29 is 4.79 Å². The predicted octanol–water partition coefficient (Wildman–Crippen LogP) is 1.82. The monoisotopic (exact) mass is 169 g/mol. The van der Waals surface area contributed by atoms with Gasteiger partial charge in [0, 0.05) is 0 Å². The first kappa shape index (κ1) is 8.25. The number of nitrogens with zero attached hydrogens (tertiary/aromatic N) is 1. The summed E-state index contributed by atoms with van der Waals surface area (Å²) in [5.41, 5.74) is 0. The zero-order valence-electron chi connectivity index (χ0n) is 5.96. The summed E-state index contributed by atoms with van der Waals surface area (Å²) in [6.45, 7) is 0.304. The summed E-state index contributed by atoms with van der Waals surface area (Å²) in [5, 5.41) is 0. The normalized spacial score (nSPS) is 28.1. The van der Waals surface area contributed by atoms with Crippen LogP contribution in [0.25, 0.3) is 0 Å². The van der Waals surface area contributed by atoms with Gasteiger partial charge in [0.2, 0.25) is 6.08 Å². The minimum Gasteiger partial charge on any atom is -0.211 e. The van der Waals surface area contributed by atoms with Crippen molar-refractivity contribution in [2.75, 3.05) is 6.54 Å². The van der Waals surface area contributed by atoms with Crippen molar-refractivity contribution in [3.63, 3.8) is 0 Å². The number of hydrogen-bond donors (Lipinski definition) is 0. The van der Waals surface area contributed by atoms with Crippen LogP contribution in [-0.4, -0.2) is 17.5 Å². The summed E-state index contributed by atoms with van der Waals surface area (Å²) in [6, 6.07) is 0. The third-order valence-electron chi connectivity index (χ3n) is 1.51. The summed E-state index contributed by atoms with van der Waals surface area (Å²) in [7, 11) is 0. The Balaban J connectivity index is 2.60. The van der Waals surface area contributed by atoms with Crippen LogP contribution in [0.1, 0.15) is 6.42 Å². The summed E-state index contributed by atoms with van der Waals surface area (Å²) < 4.78 is 0. The van der Waals surface area contributed by atoms with E-state index >= 15 is 0 Å². The Morgan fingerprint density at radius 2 is 2.45 bits per heavy atom. The molecule has 0 amide bonds. The highest BCUT2D eigenvalue weighted by atomic mass is 35.5. The van der Waals surface area contributed by atoms with E-state index in [9.17, 15) is 4.79 Å². The number of rotatable bonds is 2. The minimum atomic E-state index is -0.494. The second-order valence-electron chi connectivity index (χ2n) is 2.43. The molecule has 1 atom stereocenters. The number of allylic oxidation sites excluding steroid dienone is 3. The van der Waals surface area contributed by atoms with E-state index in [-0.39, 0.29) is 0 Å². The lowest BCUT2D eigenvalue weighted by Gasteiger charge is -2.19. The molecule has 0 heterocycles. The molecule has 0 bridgehead atoms. The van der Waals surface area contributed by atoms with Gasteiger partial charge < -0.3 is 0 Å². The van der Waals surface area contributed by atoms with E-state index in [0.717, 1.165) is 6.42 Å². The molecule has 0 aliphatic heterocycles. The Labute approximate surface area is 70.3 Å². The Hall–Kier alpha value is -0.850. The molecule has 1 unspecified atom stereocenters. The highest BCUT2D eigenvalue weighted by molar-refractivity contribution is 6.25. The average molecular weight is 170 g/mol. The number of hydrogen-bond acceptors (Lipinski definition) is 2. The molecule has 0 radical (unpaired) electrons. The summed E-state index contributed by atoms with van der Waals surface area (Å²) in [4.78, 5) is 12.7. The maximum absolute atomic E-state index is 9.80. The lowest BCUT2D eigenvalue weighted by Crippen LogP contribution is -2.22. The van der Waals surface area contributed by atoms with Crippen LogP contribution in [0.5, 0.6) is 0 Å². The molecule has 0 fully saturated rings. The van der Waals surface area contributed by atoms with Gasteiger partial charge in [0.1, 0.15) is 0 Å². The fourth-order valence-corrected chi connectivity index (χ4v) is 1.14. The maximum Gasteiger partial charge on any atom is 0.235 e. The van der Waals surface area contributed by atoms with E-state index in [4.69, 9.17) is 11.6 Å². The van der Waals surface area contributed by atoms with Gasteiger partial charge in [-0.15, -0.1) is 11.6 Å². The number of carbonyl (C=O) groups excluding carboxylic acids is 1. The van der Waals surface area contributed by atoms with Gasteiger partial charge in [0.05, 0.1) is 11.4 Å². The molecule has 11 heavy (non-hydrogen) atoms. The first-order valence-electron chi connectivity index (χ1n) is 3.34. The van der Waals surface area contributed by atoms with Gasteiger partial charge in [-0.1, -0.05) is 24.3 Å². The van der Waals surface area contributed by atoms with Gasteiger partial charge in [0.15, 0.2) is 0 Å². The smallest absolute Gasteiger partial charge is 0.211 e. The highest BCUT2D eigenvalue weighted by Crippen LogP contribution is 2.25. The zero-order chi connectivity index (χ0) is 8.16. The van der Waals surface area contributed by atoms with Gasteiger partial charge >= 0.3 is 0 Å². The third kappa shape index (κ3) is 2.34. The van der Waals surface area contributed by atoms with E-state index in [0.29, 0.717) is 6.54 Å². The average Bonchev–Trinajstić information content (AvgIpc) is 2.03. The first-order chi connectivity index (χ1) is 5.27. The SMILES string of the molecule is O=C=NCC1(Cl)C=CC=CC1. The molecule has 3 heteroatoms. The number of isocyanates is 1. The van der Waals surface area contributed by atoms with Gasteiger partial charge in [-0.25, -0.2) is 9.79 Å². The molecule has 0 aromatic heterocycles. The molecule has 0 spiro atoms. The molecule has 1 aliphatic rings. The van der Waals surface area contributed by atoms with Crippen molar-refractivity contribution in [2.45, 2.75) is 11.3 Å². The minimum absolute atomic E-state index is 0.304. The number of alkyl halides is 1. The van der Waals surface area contributed by atoms with Gasteiger partial charge in [-0.3, -0.25) is 0 Å². The Bertz CT molecular complexity index is 240. The van der Waals surface area contributed by atoms with E-state index in [1.807, 2.05) is 24.3 Å².